The fourth-order valence-corrected chi connectivity index (χ4v) is 7.34. The van der Waals surface area contributed by atoms with E-state index in [9.17, 15) is 39.6 Å². The molecule has 4 aliphatic rings. The number of aliphatic hydroxyl groups excluding tert-OH is 2. The summed E-state index contributed by atoms with van der Waals surface area (Å²) in [6, 6.07) is 3.17. The van der Waals surface area contributed by atoms with Gasteiger partial charge < -0.3 is 30.9 Å². The number of ketones is 2. The number of Topliss-reactive ketones (excluding diaryl/α,β-unsaturated/α-hetero) is 2. The maximum atomic E-state index is 14.2. The number of carbonyl (C=O) groups is 4. The van der Waals surface area contributed by atoms with Crippen molar-refractivity contribution in [2.75, 3.05) is 14.1 Å². The van der Waals surface area contributed by atoms with Crippen molar-refractivity contribution in [2.24, 2.45) is 23.5 Å². The second kappa shape index (κ2) is 9.74. The minimum absolute atomic E-state index is 0.0256. The van der Waals surface area contributed by atoms with E-state index in [-0.39, 0.29) is 29.2 Å². The van der Waals surface area contributed by atoms with Gasteiger partial charge >= 0.3 is 5.97 Å². The van der Waals surface area contributed by atoms with E-state index in [1.807, 2.05) is 0 Å². The molecule has 2 saturated carbocycles. The number of benzene rings is 1. The van der Waals surface area contributed by atoms with Gasteiger partial charge in [-0.2, -0.15) is 0 Å². The topological polar surface area (TPSA) is 188 Å². The van der Waals surface area contributed by atoms with Crippen LogP contribution in [0.1, 0.15) is 56.1 Å². The number of amides is 1. The van der Waals surface area contributed by atoms with Crippen molar-refractivity contribution >= 4 is 29.2 Å². The molecule has 1 aromatic rings. The Bertz CT molecular complexity index is 1370. The number of aromatic hydroxyl groups is 1. The van der Waals surface area contributed by atoms with Crippen molar-refractivity contribution in [1.29, 1.82) is 0 Å². The van der Waals surface area contributed by atoms with E-state index in [0.29, 0.717) is 5.56 Å². The molecule has 0 bridgehead atoms. The van der Waals surface area contributed by atoms with Crippen molar-refractivity contribution < 1.29 is 44.3 Å². The third-order valence-corrected chi connectivity index (χ3v) is 9.16. The van der Waals surface area contributed by atoms with Gasteiger partial charge in [0.25, 0.3) is 5.91 Å². The van der Waals surface area contributed by atoms with Crippen LogP contribution in [0.4, 0.5) is 0 Å². The largest absolute Gasteiger partial charge is 0.508 e. The lowest BCUT2D eigenvalue weighted by molar-refractivity contribution is -0.186. The molecule has 0 unspecified atom stereocenters. The molecule has 2 fully saturated rings. The summed E-state index contributed by atoms with van der Waals surface area (Å²) in [5.74, 6) is -9.35. The highest BCUT2D eigenvalue weighted by atomic mass is 16.5. The Morgan fingerprint density at radius 1 is 1.12 bits per heavy atom. The lowest BCUT2D eigenvalue weighted by Gasteiger charge is -2.54. The molecule has 11 heteroatoms. The average molecular weight is 555 g/mol. The van der Waals surface area contributed by atoms with Crippen LogP contribution in [0.15, 0.2) is 35.1 Å². The van der Waals surface area contributed by atoms with Crippen molar-refractivity contribution in [1.82, 2.24) is 4.90 Å². The third kappa shape index (κ3) is 3.86. The molecule has 0 saturated heterocycles. The first-order chi connectivity index (χ1) is 18.8. The number of likely N-dealkylation sites (N-methyl/N-ethyl adjacent to an activating group) is 1. The molecule has 11 nitrogen and oxygen atoms in total. The van der Waals surface area contributed by atoms with E-state index < -0.39 is 76.0 Å². The first-order valence-electron chi connectivity index (χ1n) is 13.5. The number of nitrogens with two attached hydrogens (primary N) is 1. The Hall–Kier alpha value is -3.70. The Morgan fingerprint density at radius 2 is 1.77 bits per heavy atom. The number of nitrogens with zero attached hydrogens (tertiary/aromatic N) is 1. The summed E-state index contributed by atoms with van der Waals surface area (Å²) in [5.41, 5.74) is 1.61. The molecule has 1 aromatic carbocycles. The summed E-state index contributed by atoms with van der Waals surface area (Å²) in [5, 5.41) is 45.2. The lowest BCUT2D eigenvalue weighted by Crippen LogP contribution is -2.71. The first kappa shape index (κ1) is 27.9. The van der Waals surface area contributed by atoms with Gasteiger partial charge in [-0.15, -0.1) is 0 Å². The van der Waals surface area contributed by atoms with Crippen molar-refractivity contribution in [2.45, 2.75) is 62.7 Å². The minimum atomic E-state index is -2.94. The predicted molar refractivity (Wildman–Crippen MR) is 141 cm³/mol. The lowest BCUT2D eigenvalue weighted by atomic mass is 9.54. The van der Waals surface area contributed by atoms with Crippen LogP contribution >= 0.6 is 0 Å². The molecule has 1 amide bonds. The number of aliphatic hydroxyl groups is 3. The summed E-state index contributed by atoms with van der Waals surface area (Å²) in [6.07, 6.45) is 2.40. The van der Waals surface area contributed by atoms with Gasteiger partial charge in [0.05, 0.1) is 17.5 Å². The second-order valence-corrected chi connectivity index (χ2v) is 11.6. The van der Waals surface area contributed by atoms with Crippen LogP contribution in [-0.2, 0) is 23.9 Å². The molecule has 0 aromatic heterocycles. The Kier molecular flexibility index (Phi) is 6.78. The fraction of sp³-hybridized carbons (Fsp3) is 0.517. The molecule has 0 heterocycles. The zero-order valence-electron chi connectivity index (χ0n) is 22.6. The number of ether oxygens (including phenoxy) is 1. The van der Waals surface area contributed by atoms with Crippen molar-refractivity contribution in [3.63, 3.8) is 0 Å². The maximum Gasteiger partial charge on any atom is 0.306 e. The van der Waals surface area contributed by atoms with Crippen LogP contribution in [-0.4, -0.2) is 80.6 Å². The molecular formula is C29H34N2O9. The summed E-state index contributed by atoms with van der Waals surface area (Å²) >= 11 is 0. The summed E-state index contributed by atoms with van der Waals surface area (Å²) < 4.78 is 6.05. The van der Waals surface area contributed by atoms with Crippen LogP contribution < -0.4 is 5.73 Å². The van der Waals surface area contributed by atoms with Crippen LogP contribution in [0.2, 0.25) is 0 Å². The highest BCUT2D eigenvalue weighted by Crippen LogP contribution is 2.57. The monoisotopic (exact) mass is 554 g/mol. The third-order valence-electron chi connectivity index (χ3n) is 9.16. The number of hydrogen-bond donors (Lipinski definition) is 5. The molecule has 6 N–H and O–H groups in total. The van der Waals surface area contributed by atoms with Gasteiger partial charge in [-0.05, 0) is 50.4 Å². The minimum Gasteiger partial charge on any atom is -0.508 e. The molecule has 4 aliphatic carbocycles. The summed E-state index contributed by atoms with van der Waals surface area (Å²) in [4.78, 5) is 54.8. The number of fused-ring (bicyclic) bond motifs is 3. The predicted octanol–water partition coefficient (Wildman–Crippen LogP) is 1.63. The van der Waals surface area contributed by atoms with E-state index in [1.54, 1.807) is 19.1 Å². The van der Waals surface area contributed by atoms with Crippen molar-refractivity contribution in [3.05, 3.63) is 46.2 Å². The summed E-state index contributed by atoms with van der Waals surface area (Å²) in [6.45, 7) is 1.73. The SMILES string of the molecule is C[C@H]1c2cccc(O)c2C(O)=C2C(=O)[C@]3(O)C(O)=C(C(N)=O)C(=O)[C@@H](N(C)C)[C@@H]3[C@@H](OC(=O)CC3CCCC3)[C@@H]21. The molecule has 6 atom stereocenters. The average Bonchev–Trinajstić information content (AvgIpc) is 3.38. The van der Waals surface area contributed by atoms with Crippen LogP contribution in [0.5, 0.6) is 5.75 Å². The van der Waals surface area contributed by atoms with Gasteiger partial charge in [-0.1, -0.05) is 31.9 Å². The Labute approximate surface area is 230 Å². The smallest absolute Gasteiger partial charge is 0.306 e. The molecule has 40 heavy (non-hydrogen) atoms. The Balaban J connectivity index is 1.76. The second-order valence-electron chi connectivity index (χ2n) is 11.6. The number of primary amides is 1. The van der Waals surface area contributed by atoms with Crippen LogP contribution in [0.25, 0.3) is 5.76 Å². The number of esters is 1. The molecular weight excluding hydrogens is 520 g/mol. The normalized spacial score (nSPS) is 32.2. The fourth-order valence-electron chi connectivity index (χ4n) is 7.34. The highest BCUT2D eigenvalue weighted by molar-refractivity contribution is 6.24. The first-order valence-corrected chi connectivity index (χ1v) is 13.5. The zero-order chi connectivity index (χ0) is 29.3. The summed E-state index contributed by atoms with van der Waals surface area (Å²) in [7, 11) is 2.98. The Morgan fingerprint density at radius 3 is 2.38 bits per heavy atom. The molecule has 5 rings (SSSR count). The van der Waals surface area contributed by atoms with Crippen molar-refractivity contribution in [3.8, 4) is 5.75 Å². The molecule has 0 spiro atoms. The number of hydrogen-bond acceptors (Lipinski definition) is 10. The van der Waals surface area contributed by atoms with E-state index >= 15 is 0 Å². The van der Waals surface area contributed by atoms with Gasteiger partial charge in [0.15, 0.2) is 11.4 Å². The highest BCUT2D eigenvalue weighted by Gasteiger charge is 2.69. The van der Waals surface area contributed by atoms with E-state index in [4.69, 9.17) is 10.5 Å². The molecule has 0 radical (unpaired) electrons. The standard InChI is InChI=1S/C29H34N2O9/c1-12-14-9-6-10-15(32)18(14)23(34)19-17(12)25(40-16(33)11-13-7-4-5-8-13)21-22(31(2)3)24(35)20(28(30)38)27(37)29(21,39)26(19)36/h6,9-10,12-13,17,21-22,25,32,34,37,39H,4-5,7-8,11H2,1-3H3,(H2,30,38)/t12-,17+,21+,22-,25-,29-/m0/s1. The number of rotatable bonds is 5. The van der Waals surface area contributed by atoms with Gasteiger partial charge in [-0.25, -0.2) is 0 Å². The number of carbonyl (C=O) groups excluding carboxylic acids is 4. The van der Waals surface area contributed by atoms with Crippen LogP contribution in [0.3, 0.4) is 0 Å². The maximum absolute atomic E-state index is 14.2. The van der Waals surface area contributed by atoms with E-state index in [1.165, 1.54) is 25.1 Å². The van der Waals surface area contributed by atoms with Gasteiger partial charge in [0.1, 0.15) is 28.9 Å². The number of phenolic OH excluding ortho intramolecular Hbond substituents is 1. The van der Waals surface area contributed by atoms with Gasteiger partial charge in [-0.3, -0.25) is 24.1 Å². The van der Waals surface area contributed by atoms with Crippen LogP contribution in [0, 0.1) is 17.8 Å². The molecule has 0 aliphatic heterocycles. The van der Waals surface area contributed by atoms with E-state index in [2.05, 4.69) is 0 Å². The van der Waals surface area contributed by atoms with Gasteiger partial charge in [0.2, 0.25) is 5.78 Å². The van der Waals surface area contributed by atoms with Gasteiger partial charge in [0, 0.05) is 17.9 Å². The zero-order valence-corrected chi connectivity index (χ0v) is 22.6. The van der Waals surface area contributed by atoms with E-state index in [0.717, 1.165) is 25.7 Å². The number of phenols is 1. The molecule has 214 valence electrons. The quantitative estimate of drug-likeness (QED) is 0.264.